The van der Waals surface area contributed by atoms with E-state index in [4.69, 9.17) is 5.73 Å². The third kappa shape index (κ3) is 0.696. The predicted molar refractivity (Wildman–Crippen MR) is 37.4 cm³/mol. The van der Waals surface area contributed by atoms with Gasteiger partial charge in [0, 0.05) is 13.1 Å². The first-order valence-corrected chi connectivity index (χ1v) is 3.82. The zero-order valence-corrected chi connectivity index (χ0v) is 5.92. The lowest BCUT2D eigenvalue weighted by Gasteiger charge is -2.27. The molecule has 0 spiro atoms. The van der Waals surface area contributed by atoms with Gasteiger partial charge in [0.2, 0.25) is 0 Å². The highest BCUT2D eigenvalue weighted by atomic mass is 16.2. The molecule has 0 aromatic heterocycles. The van der Waals surface area contributed by atoms with Crippen molar-refractivity contribution in [3.63, 3.8) is 0 Å². The average molecular weight is 140 g/mol. The van der Waals surface area contributed by atoms with Crippen LogP contribution in [0.5, 0.6) is 0 Å². The molecule has 56 valence electrons. The van der Waals surface area contributed by atoms with Crippen molar-refractivity contribution in [2.45, 2.75) is 12.8 Å². The Morgan fingerprint density at radius 1 is 1.30 bits per heavy atom. The van der Waals surface area contributed by atoms with E-state index in [-0.39, 0.29) is 6.03 Å². The minimum atomic E-state index is -0.241. The molecular formula is C7H12N2O. The van der Waals surface area contributed by atoms with Gasteiger partial charge in [0.25, 0.3) is 0 Å². The summed E-state index contributed by atoms with van der Waals surface area (Å²) in [6, 6.07) is -0.241. The Labute approximate surface area is 60.2 Å². The van der Waals surface area contributed by atoms with E-state index in [1.54, 1.807) is 4.90 Å². The summed E-state index contributed by atoms with van der Waals surface area (Å²) in [7, 11) is 0. The van der Waals surface area contributed by atoms with Crippen molar-refractivity contribution in [1.82, 2.24) is 4.90 Å². The molecule has 2 atom stereocenters. The van der Waals surface area contributed by atoms with E-state index in [1.807, 2.05) is 0 Å². The lowest BCUT2D eigenvalue weighted by Crippen LogP contribution is -2.33. The van der Waals surface area contributed by atoms with Crippen LogP contribution in [0.3, 0.4) is 0 Å². The molecule has 0 bridgehead atoms. The number of carbonyl (C=O) groups is 1. The van der Waals surface area contributed by atoms with E-state index in [2.05, 4.69) is 0 Å². The van der Waals surface area contributed by atoms with Crippen molar-refractivity contribution in [2.75, 3.05) is 13.1 Å². The maximum atomic E-state index is 10.7. The second kappa shape index (κ2) is 1.87. The number of nitrogens with zero attached hydrogens (tertiary/aromatic N) is 1. The largest absolute Gasteiger partial charge is 0.351 e. The first kappa shape index (κ1) is 6.01. The van der Waals surface area contributed by atoms with Gasteiger partial charge in [-0.3, -0.25) is 0 Å². The maximum Gasteiger partial charge on any atom is 0.314 e. The third-order valence-corrected chi connectivity index (χ3v) is 2.80. The summed E-state index contributed by atoms with van der Waals surface area (Å²) in [5.41, 5.74) is 5.14. The van der Waals surface area contributed by atoms with Gasteiger partial charge in [-0.25, -0.2) is 4.79 Å². The molecule has 2 rings (SSSR count). The second-order valence-electron chi connectivity index (χ2n) is 3.34. The number of carbonyl (C=O) groups excluding carboxylic acids is 1. The summed E-state index contributed by atoms with van der Waals surface area (Å²) >= 11 is 0. The third-order valence-electron chi connectivity index (χ3n) is 2.80. The van der Waals surface area contributed by atoms with Gasteiger partial charge in [0.15, 0.2) is 0 Å². The number of hydrogen-bond acceptors (Lipinski definition) is 1. The van der Waals surface area contributed by atoms with E-state index in [0.29, 0.717) is 0 Å². The number of primary amides is 1. The Kier molecular flexibility index (Phi) is 1.13. The van der Waals surface area contributed by atoms with E-state index in [0.717, 1.165) is 24.9 Å². The molecule has 2 unspecified atom stereocenters. The first-order chi connectivity index (χ1) is 4.77. The number of likely N-dealkylation sites (tertiary alicyclic amines) is 1. The van der Waals surface area contributed by atoms with E-state index in [9.17, 15) is 4.79 Å². The molecule has 2 fully saturated rings. The summed E-state index contributed by atoms with van der Waals surface area (Å²) < 4.78 is 0. The van der Waals surface area contributed by atoms with Crippen molar-refractivity contribution in [3.8, 4) is 0 Å². The van der Waals surface area contributed by atoms with Gasteiger partial charge in [-0.2, -0.15) is 0 Å². The number of urea groups is 1. The highest BCUT2D eigenvalue weighted by Gasteiger charge is 2.40. The second-order valence-corrected chi connectivity index (χ2v) is 3.34. The first-order valence-electron chi connectivity index (χ1n) is 3.82. The molecule has 0 aromatic rings. The summed E-state index contributed by atoms with van der Waals surface area (Å²) in [5, 5.41) is 0. The molecule has 0 radical (unpaired) electrons. The molecule has 2 amide bonds. The van der Waals surface area contributed by atoms with Gasteiger partial charge in [0.1, 0.15) is 0 Å². The van der Waals surface area contributed by atoms with Gasteiger partial charge in [-0.05, 0) is 24.7 Å². The van der Waals surface area contributed by atoms with E-state index < -0.39 is 0 Å². The van der Waals surface area contributed by atoms with E-state index >= 15 is 0 Å². The zero-order chi connectivity index (χ0) is 7.14. The number of amides is 2. The molecule has 1 saturated carbocycles. The number of fused-ring (bicyclic) bond motifs is 1. The molecule has 2 aliphatic rings. The number of nitrogens with two attached hydrogens (primary N) is 1. The molecule has 1 saturated heterocycles. The van der Waals surface area contributed by atoms with Crippen LogP contribution >= 0.6 is 0 Å². The zero-order valence-electron chi connectivity index (χ0n) is 5.92. The normalized spacial score (nSPS) is 37.0. The van der Waals surface area contributed by atoms with Crippen LogP contribution in [-0.4, -0.2) is 24.0 Å². The van der Waals surface area contributed by atoms with Crippen LogP contribution in [-0.2, 0) is 0 Å². The minimum absolute atomic E-state index is 0.241. The average Bonchev–Trinajstić information content (AvgIpc) is 2.09. The predicted octanol–water partition coefficient (Wildman–Crippen LogP) is 0.407. The molecule has 1 aliphatic carbocycles. The highest BCUT2D eigenvalue weighted by Crippen LogP contribution is 2.39. The van der Waals surface area contributed by atoms with Crippen LogP contribution in [0.1, 0.15) is 12.8 Å². The Morgan fingerprint density at radius 2 is 1.80 bits per heavy atom. The molecule has 1 aliphatic heterocycles. The van der Waals surface area contributed by atoms with Crippen molar-refractivity contribution in [1.29, 1.82) is 0 Å². The van der Waals surface area contributed by atoms with Crippen molar-refractivity contribution >= 4 is 6.03 Å². The van der Waals surface area contributed by atoms with Crippen molar-refractivity contribution < 1.29 is 4.79 Å². The van der Waals surface area contributed by atoms with Crippen LogP contribution in [0.15, 0.2) is 0 Å². The molecule has 10 heavy (non-hydrogen) atoms. The fourth-order valence-electron chi connectivity index (χ4n) is 1.94. The highest BCUT2D eigenvalue weighted by molar-refractivity contribution is 5.72. The Morgan fingerprint density at radius 3 is 2.10 bits per heavy atom. The topological polar surface area (TPSA) is 46.3 Å². The summed E-state index contributed by atoms with van der Waals surface area (Å²) in [4.78, 5) is 12.4. The van der Waals surface area contributed by atoms with Crippen LogP contribution in [0.4, 0.5) is 4.79 Å². The van der Waals surface area contributed by atoms with Crippen LogP contribution in [0, 0.1) is 11.8 Å². The number of hydrogen-bond donors (Lipinski definition) is 1. The molecule has 2 N–H and O–H groups in total. The summed E-state index contributed by atoms with van der Waals surface area (Å²) in [5.74, 6) is 1.57. The Balaban J connectivity index is 1.98. The lowest BCUT2D eigenvalue weighted by atomic mass is 9.77. The minimum Gasteiger partial charge on any atom is -0.351 e. The van der Waals surface area contributed by atoms with Crippen LogP contribution in [0.25, 0.3) is 0 Å². The quantitative estimate of drug-likeness (QED) is 0.520. The maximum absolute atomic E-state index is 10.7. The standard InChI is InChI=1S/C7H12N2O/c8-7(10)9-3-5-1-2-6(5)4-9/h5-6H,1-4H2,(H2,8,10). The van der Waals surface area contributed by atoms with Crippen molar-refractivity contribution in [2.24, 2.45) is 17.6 Å². The Bertz CT molecular complexity index is 157. The molecule has 3 nitrogen and oxygen atoms in total. The van der Waals surface area contributed by atoms with Gasteiger partial charge in [-0.1, -0.05) is 0 Å². The summed E-state index contributed by atoms with van der Waals surface area (Å²) in [6.45, 7) is 1.83. The monoisotopic (exact) mass is 140 g/mol. The van der Waals surface area contributed by atoms with Gasteiger partial charge in [0.05, 0.1) is 0 Å². The molecule has 1 heterocycles. The summed E-state index contributed by atoms with van der Waals surface area (Å²) in [6.07, 6.45) is 2.60. The Hall–Kier alpha value is -0.730. The molecule has 0 aromatic carbocycles. The fourth-order valence-corrected chi connectivity index (χ4v) is 1.94. The van der Waals surface area contributed by atoms with E-state index in [1.165, 1.54) is 12.8 Å². The van der Waals surface area contributed by atoms with Crippen LogP contribution < -0.4 is 5.73 Å². The van der Waals surface area contributed by atoms with Crippen molar-refractivity contribution in [3.05, 3.63) is 0 Å². The van der Waals surface area contributed by atoms with Gasteiger partial charge < -0.3 is 10.6 Å². The fraction of sp³-hybridized carbons (Fsp3) is 0.857. The smallest absolute Gasteiger partial charge is 0.314 e. The molecule has 3 heteroatoms. The van der Waals surface area contributed by atoms with Gasteiger partial charge in [-0.15, -0.1) is 0 Å². The molecular weight excluding hydrogens is 128 g/mol. The lowest BCUT2D eigenvalue weighted by molar-refractivity contribution is 0.217. The van der Waals surface area contributed by atoms with Gasteiger partial charge >= 0.3 is 6.03 Å². The SMILES string of the molecule is NC(=O)N1CC2CCC2C1. The number of rotatable bonds is 0. The van der Waals surface area contributed by atoms with Crippen LogP contribution in [0.2, 0.25) is 0 Å².